The third-order valence-corrected chi connectivity index (χ3v) is 3.19. The lowest BCUT2D eigenvalue weighted by Gasteiger charge is -2.11. The van der Waals surface area contributed by atoms with Gasteiger partial charge in [0.25, 0.3) is 0 Å². The van der Waals surface area contributed by atoms with Gasteiger partial charge in [-0.05, 0) is 12.5 Å². The molecular weight excluding hydrogens is 319 g/mol. The van der Waals surface area contributed by atoms with Gasteiger partial charge >= 0.3 is 5.97 Å². The van der Waals surface area contributed by atoms with Crippen LogP contribution in [-0.2, 0) is 10.1 Å². The molecule has 0 aliphatic rings. The van der Waals surface area contributed by atoms with E-state index < -0.39 is 5.97 Å². The molecule has 5 heteroatoms. The Bertz CT molecular complexity index is 446. The quantitative estimate of drug-likeness (QED) is 0.454. The molecule has 0 aliphatic heterocycles. The highest BCUT2D eigenvalue weighted by atomic mass is 79.9. The number of halogens is 2. The Morgan fingerprint density at radius 1 is 1.39 bits per heavy atom. The smallest absolute Gasteiger partial charge is 0.339 e. The van der Waals surface area contributed by atoms with E-state index in [0.29, 0.717) is 16.5 Å². The highest BCUT2D eigenvalue weighted by Gasteiger charge is 2.20. The molecule has 18 heavy (non-hydrogen) atoms. The number of ether oxygens (including phenoxy) is 1. The number of Topliss-reactive ketones (excluding diaryl/α,β-unsaturated/α-hetero) is 1. The van der Waals surface area contributed by atoms with Crippen molar-refractivity contribution in [2.45, 2.75) is 18.7 Å². The van der Waals surface area contributed by atoms with Crippen LogP contribution in [0.5, 0.6) is 0 Å². The third kappa shape index (κ3) is 3.56. The lowest BCUT2D eigenvalue weighted by atomic mass is 9.98. The minimum Gasteiger partial charge on any atom is -0.462 e. The maximum absolute atomic E-state index is 11.9. The van der Waals surface area contributed by atoms with Crippen molar-refractivity contribution >= 4 is 39.3 Å². The van der Waals surface area contributed by atoms with E-state index in [1.807, 2.05) is 0 Å². The second-order valence-corrected chi connectivity index (χ2v) is 4.49. The fourth-order valence-electron chi connectivity index (χ4n) is 1.61. The maximum atomic E-state index is 11.9. The Morgan fingerprint density at radius 3 is 2.67 bits per heavy atom. The molecule has 1 aromatic carbocycles. The minimum absolute atomic E-state index is 0.143. The van der Waals surface area contributed by atoms with Crippen LogP contribution in [0.15, 0.2) is 18.2 Å². The number of hydrogen-bond donors (Lipinski definition) is 0. The Hall–Kier alpha value is -0.870. The van der Waals surface area contributed by atoms with Gasteiger partial charge in [0, 0.05) is 23.2 Å². The first kappa shape index (κ1) is 15.2. The van der Waals surface area contributed by atoms with Crippen LogP contribution in [-0.4, -0.2) is 24.2 Å². The summed E-state index contributed by atoms with van der Waals surface area (Å²) in [6.07, 6.45) is 0.208. The average Bonchev–Trinajstić information content (AvgIpc) is 2.38. The number of hydrogen-bond acceptors (Lipinski definition) is 3. The van der Waals surface area contributed by atoms with Crippen molar-refractivity contribution < 1.29 is 14.3 Å². The first-order chi connectivity index (χ1) is 8.65. The van der Waals surface area contributed by atoms with Crippen LogP contribution in [0.2, 0.25) is 0 Å². The lowest BCUT2D eigenvalue weighted by molar-refractivity contribution is 0.0522. The van der Waals surface area contributed by atoms with Crippen molar-refractivity contribution in [1.29, 1.82) is 0 Å². The van der Waals surface area contributed by atoms with Crippen LogP contribution in [0.25, 0.3) is 0 Å². The van der Waals surface area contributed by atoms with Crippen molar-refractivity contribution in [1.82, 2.24) is 0 Å². The van der Waals surface area contributed by atoms with E-state index in [0.717, 1.165) is 5.56 Å². The van der Waals surface area contributed by atoms with Crippen LogP contribution >= 0.6 is 27.5 Å². The molecule has 1 rings (SSSR count). The minimum atomic E-state index is -0.467. The topological polar surface area (TPSA) is 43.4 Å². The molecule has 0 heterocycles. The fraction of sp³-hybridized carbons (Fsp3) is 0.385. The second kappa shape index (κ2) is 7.54. The Balaban J connectivity index is 3.24. The van der Waals surface area contributed by atoms with E-state index in [1.54, 1.807) is 25.1 Å². The zero-order valence-corrected chi connectivity index (χ0v) is 12.4. The summed E-state index contributed by atoms with van der Waals surface area (Å²) in [5.74, 6) is -0.374. The molecule has 0 saturated carbocycles. The van der Waals surface area contributed by atoms with Crippen molar-refractivity contribution in [3.63, 3.8) is 0 Å². The van der Waals surface area contributed by atoms with E-state index in [4.69, 9.17) is 16.3 Å². The number of esters is 1. The van der Waals surface area contributed by atoms with Gasteiger partial charge in [-0.1, -0.05) is 34.1 Å². The SMILES string of the molecule is CCOC(=O)c1c(CBr)cccc1C(=O)CCCl. The van der Waals surface area contributed by atoms with E-state index in [-0.39, 0.29) is 24.7 Å². The fourth-order valence-corrected chi connectivity index (χ4v) is 2.25. The number of carbonyl (C=O) groups is 2. The molecule has 0 saturated heterocycles. The van der Waals surface area contributed by atoms with Gasteiger partial charge in [0.1, 0.15) is 0 Å². The number of ketones is 1. The molecule has 0 fully saturated rings. The van der Waals surface area contributed by atoms with Crippen molar-refractivity contribution in [2.75, 3.05) is 12.5 Å². The zero-order chi connectivity index (χ0) is 13.5. The van der Waals surface area contributed by atoms with Crippen LogP contribution in [0.1, 0.15) is 39.6 Å². The first-order valence-electron chi connectivity index (χ1n) is 5.59. The summed E-state index contributed by atoms with van der Waals surface area (Å²) in [6, 6.07) is 5.17. The standard InChI is InChI=1S/C13H14BrClO3/c1-2-18-13(17)12-9(8-14)4-3-5-10(12)11(16)6-7-15/h3-5H,2,6-8H2,1H3. The number of carbonyl (C=O) groups excluding carboxylic acids is 2. The van der Waals surface area contributed by atoms with Gasteiger partial charge in [-0.3, -0.25) is 4.79 Å². The molecule has 0 atom stereocenters. The molecule has 0 N–H and O–H groups in total. The van der Waals surface area contributed by atoms with E-state index in [9.17, 15) is 9.59 Å². The van der Waals surface area contributed by atoms with Gasteiger partial charge in [0.2, 0.25) is 0 Å². The molecule has 0 bridgehead atoms. The first-order valence-corrected chi connectivity index (χ1v) is 7.25. The molecule has 0 spiro atoms. The van der Waals surface area contributed by atoms with Crippen LogP contribution in [0.3, 0.4) is 0 Å². The number of benzene rings is 1. The van der Waals surface area contributed by atoms with Gasteiger partial charge in [0.15, 0.2) is 5.78 Å². The Morgan fingerprint density at radius 2 is 2.11 bits per heavy atom. The monoisotopic (exact) mass is 332 g/mol. The van der Waals surface area contributed by atoms with Crippen LogP contribution < -0.4 is 0 Å². The highest BCUT2D eigenvalue weighted by molar-refractivity contribution is 9.08. The molecule has 0 aromatic heterocycles. The van der Waals surface area contributed by atoms with Gasteiger partial charge < -0.3 is 4.74 Å². The number of alkyl halides is 2. The van der Waals surface area contributed by atoms with Gasteiger partial charge in [0.05, 0.1) is 12.2 Å². The Labute approximate surface area is 120 Å². The van der Waals surface area contributed by atoms with Crippen molar-refractivity contribution in [2.24, 2.45) is 0 Å². The lowest BCUT2D eigenvalue weighted by Crippen LogP contribution is -2.14. The summed E-state index contributed by atoms with van der Waals surface area (Å²) in [5.41, 5.74) is 1.46. The molecular formula is C13H14BrClO3. The van der Waals surface area contributed by atoms with E-state index >= 15 is 0 Å². The highest BCUT2D eigenvalue weighted by Crippen LogP contribution is 2.20. The normalized spacial score (nSPS) is 10.2. The largest absolute Gasteiger partial charge is 0.462 e. The summed E-state index contributed by atoms with van der Waals surface area (Å²) in [6.45, 7) is 2.01. The third-order valence-electron chi connectivity index (χ3n) is 2.40. The summed E-state index contributed by atoms with van der Waals surface area (Å²) in [5, 5.41) is 0.489. The van der Waals surface area contributed by atoms with Crippen LogP contribution in [0.4, 0.5) is 0 Å². The summed E-state index contributed by atoms with van der Waals surface area (Å²) >= 11 is 8.87. The molecule has 98 valence electrons. The second-order valence-electron chi connectivity index (χ2n) is 3.56. The molecule has 0 radical (unpaired) electrons. The average molecular weight is 334 g/mol. The van der Waals surface area contributed by atoms with Crippen molar-refractivity contribution in [3.8, 4) is 0 Å². The van der Waals surface area contributed by atoms with Crippen LogP contribution in [0, 0.1) is 0 Å². The maximum Gasteiger partial charge on any atom is 0.339 e. The van der Waals surface area contributed by atoms with Gasteiger partial charge in [-0.25, -0.2) is 4.79 Å². The summed E-state index contributed by atoms with van der Waals surface area (Å²) in [4.78, 5) is 23.9. The van der Waals surface area contributed by atoms with Gasteiger partial charge in [-0.15, -0.1) is 11.6 Å². The van der Waals surface area contributed by atoms with Gasteiger partial charge in [-0.2, -0.15) is 0 Å². The predicted octanol–water partition coefficient (Wildman–Crippen LogP) is 3.57. The predicted molar refractivity (Wildman–Crippen MR) is 74.7 cm³/mol. The Kier molecular flexibility index (Phi) is 6.36. The summed E-state index contributed by atoms with van der Waals surface area (Å²) in [7, 11) is 0. The molecule has 3 nitrogen and oxygen atoms in total. The zero-order valence-electron chi connectivity index (χ0n) is 10.0. The van der Waals surface area contributed by atoms with E-state index in [1.165, 1.54) is 0 Å². The molecule has 0 amide bonds. The number of rotatable bonds is 6. The summed E-state index contributed by atoms with van der Waals surface area (Å²) < 4.78 is 4.99. The molecule has 0 unspecified atom stereocenters. The molecule has 1 aromatic rings. The molecule has 0 aliphatic carbocycles. The van der Waals surface area contributed by atoms with Crippen molar-refractivity contribution in [3.05, 3.63) is 34.9 Å². The van der Waals surface area contributed by atoms with E-state index in [2.05, 4.69) is 15.9 Å².